The summed E-state index contributed by atoms with van der Waals surface area (Å²) in [5.74, 6) is -0.709. The minimum atomic E-state index is -0.555. The Labute approximate surface area is 173 Å². The number of rotatable bonds is 3. The highest BCUT2D eigenvalue weighted by Crippen LogP contribution is 2.32. The van der Waals surface area contributed by atoms with Crippen LogP contribution in [0.15, 0.2) is 24.4 Å². The van der Waals surface area contributed by atoms with Crippen LogP contribution in [-0.2, 0) is 17.9 Å². The van der Waals surface area contributed by atoms with Crippen molar-refractivity contribution in [3.63, 3.8) is 0 Å². The molecule has 3 amide bonds. The lowest BCUT2D eigenvalue weighted by Crippen LogP contribution is -2.47. The Morgan fingerprint density at radius 3 is 2.93 bits per heavy atom. The highest BCUT2D eigenvalue weighted by atomic mass is 35.5. The normalized spacial score (nSPS) is 21.4. The summed E-state index contributed by atoms with van der Waals surface area (Å²) in [4.78, 5) is 28.5. The molecule has 2 atom stereocenters. The van der Waals surface area contributed by atoms with Crippen LogP contribution in [0.4, 0.5) is 20.6 Å². The van der Waals surface area contributed by atoms with Crippen molar-refractivity contribution < 1.29 is 20.5 Å². The predicted molar refractivity (Wildman–Crippen MR) is 107 cm³/mol. The zero-order valence-corrected chi connectivity index (χ0v) is 16.6. The van der Waals surface area contributed by atoms with E-state index in [1.807, 2.05) is 6.92 Å². The van der Waals surface area contributed by atoms with Crippen LogP contribution in [0.2, 0.25) is 5.02 Å². The van der Waals surface area contributed by atoms with Crippen molar-refractivity contribution in [2.24, 2.45) is 5.92 Å². The third kappa shape index (κ3) is 3.67. The summed E-state index contributed by atoms with van der Waals surface area (Å²) in [6.45, 7) is 3.05. The molecule has 1 unspecified atom stereocenters. The number of aliphatic hydroxyl groups is 1. The maximum absolute atomic E-state index is 13.3. The number of hydrogen-bond donors (Lipinski definition) is 2. The number of halogens is 2. The van der Waals surface area contributed by atoms with Gasteiger partial charge in [-0.3, -0.25) is 9.48 Å². The van der Waals surface area contributed by atoms with E-state index in [4.69, 9.17) is 11.6 Å². The van der Waals surface area contributed by atoms with Crippen LogP contribution in [0.5, 0.6) is 0 Å². The highest BCUT2D eigenvalue weighted by Gasteiger charge is 2.36. The maximum atomic E-state index is 13.3. The molecule has 2 N–H and O–H groups in total. The lowest BCUT2D eigenvalue weighted by molar-refractivity contribution is -0.117. The molecule has 1 aromatic heterocycles. The van der Waals surface area contributed by atoms with Gasteiger partial charge in [-0.15, -0.1) is 0 Å². The minimum Gasteiger partial charge on any atom is -0.396 e. The molecule has 0 bridgehead atoms. The van der Waals surface area contributed by atoms with Crippen LogP contribution < -0.4 is 10.2 Å². The van der Waals surface area contributed by atoms with Gasteiger partial charge in [0, 0.05) is 32.6 Å². The standard InChI is InChI=1S/C19H21ClFN5O3.H2/c1-11-7-26-17(16(6-22-26)25-8-12(10-27)4-18(25)28)9-24(11)19(29)23-13-2-3-15(21)14(20)5-13;/h2-3,5-6,11-12,27H,4,7-10H2,1H3,(H,23,29);1H/t11-,12?;/m0./s1. The van der Waals surface area contributed by atoms with Crippen LogP contribution in [-0.4, -0.2) is 50.9 Å². The summed E-state index contributed by atoms with van der Waals surface area (Å²) in [6.07, 6.45) is 1.94. The van der Waals surface area contributed by atoms with E-state index in [2.05, 4.69) is 10.4 Å². The molecule has 1 saturated heterocycles. The lowest BCUT2D eigenvalue weighted by Gasteiger charge is -2.35. The van der Waals surface area contributed by atoms with E-state index in [-0.39, 0.29) is 43.5 Å². The van der Waals surface area contributed by atoms with Crippen LogP contribution >= 0.6 is 11.6 Å². The highest BCUT2D eigenvalue weighted by molar-refractivity contribution is 6.31. The first-order valence-electron chi connectivity index (χ1n) is 9.36. The van der Waals surface area contributed by atoms with Gasteiger partial charge in [-0.05, 0) is 25.1 Å². The fourth-order valence-corrected chi connectivity index (χ4v) is 3.97. The molecule has 4 rings (SSSR count). The van der Waals surface area contributed by atoms with Gasteiger partial charge >= 0.3 is 6.03 Å². The van der Waals surface area contributed by atoms with Gasteiger partial charge in [-0.2, -0.15) is 5.10 Å². The molecular weight excluding hydrogens is 401 g/mol. The molecule has 1 fully saturated rings. The number of aliphatic hydroxyl groups excluding tert-OH is 1. The second-order valence-electron chi connectivity index (χ2n) is 7.45. The number of amides is 3. The smallest absolute Gasteiger partial charge is 0.322 e. The average Bonchev–Trinajstić information content (AvgIpc) is 3.26. The number of carbonyl (C=O) groups is 2. The van der Waals surface area contributed by atoms with E-state index in [0.717, 1.165) is 5.69 Å². The van der Waals surface area contributed by atoms with Crippen molar-refractivity contribution in [3.05, 3.63) is 40.9 Å². The van der Waals surface area contributed by atoms with Gasteiger partial charge in [-0.1, -0.05) is 11.6 Å². The molecule has 10 heteroatoms. The molecule has 29 heavy (non-hydrogen) atoms. The minimum absolute atomic E-state index is 0. The number of fused-ring (bicyclic) bond motifs is 1. The van der Waals surface area contributed by atoms with E-state index in [1.165, 1.54) is 18.2 Å². The quantitative estimate of drug-likeness (QED) is 0.794. The van der Waals surface area contributed by atoms with E-state index in [9.17, 15) is 19.1 Å². The van der Waals surface area contributed by atoms with E-state index < -0.39 is 5.82 Å². The monoisotopic (exact) mass is 423 g/mol. The van der Waals surface area contributed by atoms with Gasteiger partial charge in [0.25, 0.3) is 0 Å². The largest absolute Gasteiger partial charge is 0.396 e. The Kier molecular flexibility index (Phi) is 5.18. The lowest BCUT2D eigenvalue weighted by atomic mass is 10.1. The molecular formula is C19H23ClFN5O3. The maximum Gasteiger partial charge on any atom is 0.322 e. The second-order valence-corrected chi connectivity index (χ2v) is 7.86. The van der Waals surface area contributed by atoms with E-state index in [1.54, 1.807) is 20.7 Å². The fourth-order valence-electron chi connectivity index (χ4n) is 3.79. The van der Waals surface area contributed by atoms with Crippen LogP contribution in [0.3, 0.4) is 0 Å². The number of nitrogens with one attached hydrogen (secondary N) is 1. The molecule has 8 nitrogen and oxygen atoms in total. The Balaban J connectivity index is 0.00000256. The first-order valence-corrected chi connectivity index (χ1v) is 9.73. The van der Waals surface area contributed by atoms with Crippen LogP contribution in [0.25, 0.3) is 0 Å². The van der Waals surface area contributed by atoms with Gasteiger partial charge in [0.2, 0.25) is 5.91 Å². The third-order valence-electron chi connectivity index (χ3n) is 5.40. The molecule has 0 saturated carbocycles. The summed E-state index contributed by atoms with van der Waals surface area (Å²) in [5.41, 5.74) is 1.83. The van der Waals surface area contributed by atoms with Crippen LogP contribution in [0.1, 0.15) is 20.5 Å². The molecule has 156 valence electrons. The van der Waals surface area contributed by atoms with Gasteiger partial charge < -0.3 is 20.2 Å². The Morgan fingerprint density at radius 2 is 2.24 bits per heavy atom. The van der Waals surface area contributed by atoms with Crippen molar-refractivity contribution in [2.75, 3.05) is 23.4 Å². The summed E-state index contributed by atoms with van der Waals surface area (Å²) in [5, 5.41) is 16.4. The van der Waals surface area contributed by atoms with Crippen molar-refractivity contribution >= 4 is 34.9 Å². The first-order chi connectivity index (χ1) is 13.9. The van der Waals surface area contributed by atoms with Gasteiger partial charge in [0.05, 0.1) is 41.7 Å². The summed E-state index contributed by atoms with van der Waals surface area (Å²) in [7, 11) is 0. The second kappa shape index (κ2) is 7.64. The number of hydrogen-bond acceptors (Lipinski definition) is 4. The van der Waals surface area contributed by atoms with Gasteiger partial charge in [0.1, 0.15) is 5.82 Å². The number of nitrogens with zero attached hydrogens (tertiary/aromatic N) is 4. The van der Waals surface area contributed by atoms with E-state index >= 15 is 0 Å². The average molecular weight is 424 g/mol. The number of urea groups is 1. The first kappa shape index (κ1) is 19.7. The molecule has 0 spiro atoms. The zero-order chi connectivity index (χ0) is 20.7. The van der Waals surface area contributed by atoms with Gasteiger partial charge in [-0.25, -0.2) is 9.18 Å². The molecule has 3 heterocycles. The van der Waals surface area contributed by atoms with Crippen molar-refractivity contribution in [1.29, 1.82) is 0 Å². The molecule has 2 aliphatic rings. The van der Waals surface area contributed by atoms with Crippen molar-refractivity contribution in [3.8, 4) is 0 Å². The molecule has 0 aliphatic carbocycles. The Hall–Kier alpha value is -2.65. The number of carbonyl (C=O) groups excluding carboxylic acids is 2. The SMILES string of the molecule is C[C@H]1Cn2ncc(N3CC(CO)CC3=O)c2CN1C(=O)Nc1ccc(F)c(Cl)c1.[HH]. The summed E-state index contributed by atoms with van der Waals surface area (Å²) < 4.78 is 15.2. The van der Waals surface area contributed by atoms with Crippen molar-refractivity contribution in [1.82, 2.24) is 14.7 Å². The molecule has 1 aromatic carbocycles. The summed E-state index contributed by atoms with van der Waals surface area (Å²) in [6, 6.07) is 3.52. The molecule has 2 aromatic rings. The zero-order valence-electron chi connectivity index (χ0n) is 15.8. The topological polar surface area (TPSA) is 90.7 Å². The van der Waals surface area contributed by atoms with Gasteiger partial charge in [0.15, 0.2) is 0 Å². The van der Waals surface area contributed by atoms with E-state index in [0.29, 0.717) is 30.9 Å². The molecule has 0 radical (unpaired) electrons. The predicted octanol–water partition coefficient (Wildman–Crippen LogP) is 2.70. The van der Waals surface area contributed by atoms with Crippen molar-refractivity contribution in [2.45, 2.75) is 32.5 Å². The number of anilines is 2. The van der Waals surface area contributed by atoms with Crippen LogP contribution in [0, 0.1) is 11.7 Å². The number of benzene rings is 1. The fraction of sp³-hybridized carbons (Fsp3) is 0.421. The Morgan fingerprint density at radius 1 is 1.45 bits per heavy atom. The summed E-state index contributed by atoms with van der Waals surface area (Å²) >= 11 is 5.79. The Bertz CT molecular complexity index is 972. The third-order valence-corrected chi connectivity index (χ3v) is 5.69. The molecule has 2 aliphatic heterocycles. The number of aromatic nitrogens is 2.